The van der Waals surface area contributed by atoms with Gasteiger partial charge >= 0.3 is 0 Å². The summed E-state index contributed by atoms with van der Waals surface area (Å²) in [7, 11) is 0. The van der Waals surface area contributed by atoms with Crippen molar-refractivity contribution in [1.29, 1.82) is 5.26 Å². The number of rotatable bonds is 3. The molecule has 3 nitrogen and oxygen atoms in total. The molecule has 1 N–H and O–H groups in total. The molecule has 2 aromatic carbocycles. The lowest BCUT2D eigenvalue weighted by Gasteiger charge is -2.12. The molecule has 3 rings (SSSR count). The van der Waals surface area contributed by atoms with Crippen molar-refractivity contribution in [3.05, 3.63) is 60.3 Å². The van der Waals surface area contributed by atoms with E-state index in [0.717, 1.165) is 22.3 Å². The number of halogens is 1. The summed E-state index contributed by atoms with van der Waals surface area (Å²) in [6.45, 7) is 0. The fourth-order valence-corrected chi connectivity index (χ4v) is 2.67. The molecular formula is C17H14ClN3S. The van der Waals surface area contributed by atoms with Gasteiger partial charge in [-0.05, 0) is 30.5 Å². The Hall–Kier alpha value is -2.22. The minimum Gasteiger partial charge on any atom is -0.354 e. The molecule has 0 aliphatic heterocycles. The second-order valence-electron chi connectivity index (χ2n) is 4.53. The number of fused-ring (bicyclic) bond motifs is 1. The molecular weight excluding hydrogens is 314 g/mol. The summed E-state index contributed by atoms with van der Waals surface area (Å²) < 4.78 is 0. The second kappa shape index (κ2) is 7.17. The predicted octanol–water partition coefficient (Wildman–Crippen LogP) is 4.99. The molecule has 0 radical (unpaired) electrons. The van der Waals surface area contributed by atoms with Gasteiger partial charge in [-0.3, -0.25) is 4.98 Å². The minimum atomic E-state index is 0. The summed E-state index contributed by atoms with van der Waals surface area (Å²) >= 11 is 1.69. The molecule has 110 valence electrons. The van der Waals surface area contributed by atoms with Crippen LogP contribution in [0.4, 0.5) is 11.4 Å². The lowest BCUT2D eigenvalue weighted by Crippen LogP contribution is -1.96. The SMILES string of the molecule is CSc1cccc(Nc2c(C#N)cnc3ccccc23)c1.Cl. The maximum atomic E-state index is 9.32. The summed E-state index contributed by atoms with van der Waals surface area (Å²) in [6.07, 6.45) is 3.66. The maximum absolute atomic E-state index is 9.32. The number of pyridine rings is 1. The van der Waals surface area contributed by atoms with Crippen LogP contribution in [0.1, 0.15) is 5.56 Å². The number of hydrogen-bond donors (Lipinski definition) is 1. The minimum absolute atomic E-state index is 0. The number of nitriles is 1. The van der Waals surface area contributed by atoms with Crippen LogP contribution in [0.25, 0.3) is 10.9 Å². The van der Waals surface area contributed by atoms with Crippen LogP contribution in [0.3, 0.4) is 0 Å². The van der Waals surface area contributed by atoms with Crippen molar-refractivity contribution < 1.29 is 0 Å². The van der Waals surface area contributed by atoms with E-state index in [1.54, 1.807) is 18.0 Å². The molecule has 0 aliphatic rings. The van der Waals surface area contributed by atoms with E-state index in [4.69, 9.17) is 0 Å². The van der Waals surface area contributed by atoms with Gasteiger partial charge < -0.3 is 5.32 Å². The van der Waals surface area contributed by atoms with Crippen molar-refractivity contribution in [2.24, 2.45) is 0 Å². The van der Waals surface area contributed by atoms with Gasteiger partial charge in [0.25, 0.3) is 0 Å². The molecule has 22 heavy (non-hydrogen) atoms. The van der Waals surface area contributed by atoms with Crippen LogP contribution in [0, 0.1) is 11.3 Å². The number of hydrogen-bond acceptors (Lipinski definition) is 4. The quantitative estimate of drug-likeness (QED) is 0.688. The van der Waals surface area contributed by atoms with E-state index in [0.29, 0.717) is 5.56 Å². The summed E-state index contributed by atoms with van der Waals surface area (Å²) in [5.74, 6) is 0. The van der Waals surface area contributed by atoms with Crippen molar-refractivity contribution >= 4 is 46.4 Å². The number of nitrogens with one attached hydrogen (secondary N) is 1. The Morgan fingerprint density at radius 2 is 1.95 bits per heavy atom. The molecule has 0 bridgehead atoms. The van der Waals surface area contributed by atoms with Crippen molar-refractivity contribution in [1.82, 2.24) is 4.98 Å². The summed E-state index contributed by atoms with van der Waals surface area (Å²) in [4.78, 5) is 5.50. The summed E-state index contributed by atoms with van der Waals surface area (Å²) in [5.41, 5.74) is 3.19. The Bertz CT molecular complexity index is 843. The molecule has 0 saturated heterocycles. The van der Waals surface area contributed by atoms with E-state index in [2.05, 4.69) is 28.5 Å². The lowest BCUT2D eigenvalue weighted by molar-refractivity contribution is 1.36. The maximum Gasteiger partial charge on any atom is 0.103 e. The molecule has 1 heterocycles. The summed E-state index contributed by atoms with van der Waals surface area (Å²) in [5, 5.41) is 13.6. The first kappa shape index (κ1) is 16.2. The lowest BCUT2D eigenvalue weighted by atomic mass is 10.1. The number of aromatic nitrogens is 1. The van der Waals surface area contributed by atoms with Gasteiger partial charge in [0, 0.05) is 22.2 Å². The number of anilines is 2. The Kier molecular flexibility index (Phi) is 5.26. The number of para-hydroxylation sites is 1. The van der Waals surface area contributed by atoms with Crippen LogP contribution >= 0.6 is 24.2 Å². The third-order valence-electron chi connectivity index (χ3n) is 3.23. The Morgan fingerprint density at radius 3 is 2.73 bits per heavy atom. The van der Waals surface area contributed by atoms with Gasteiger partial charge in [0.15, 0.2) is 0 Å². The zero-order valence-corrected chi connectivity index (χ0v) is 13.5. The van der Waals surface area contributed by atoms with E-state index in [-0.39, 0.29) is 12.4 Å². The first-order valence-corrected chi connectivity index (χ1v) is 7.73. The van der Waals surface area contributed by atoms with E-state index in [1.165, 1.54) is 4.90 Å². The van der Waals surface area contributed by atoms with Crippen molar-refractivity contribution in [2.45, 2.75) is 4.90 Å². The molecule has 5 heteroatoms. The number of benzene rings is 2. The summed E-state index contributed by atoms with van der Waals surface area (Å²) in [6, 6.07) is 18.2. The molecule has 0 spiro atoms. The van der Waals surface area contributed by atoms with Crippen molar-refractivity contribution in [3.8, 4) is 6.07 Å². The average molecular weight is 328 g/mol. The van der Waals surface area contributed by atoms with E-state index >= 15 is 0 Å². The number of thioether (sulfide) groups is 1. The molecule has 3 aromatic rings. The molecule has 0 atom stereocenters. The van der Waals surface area contributed by atoms with Gasteiger partial charge in [-0.25, -0.2) is 0 Å². The fraction of sp³-hybridized carbons (Fsp3) is 0.0588. The van der Waals surface area contributed by atoms with E-state index in [9.17, 15) is 5.26 Å². The second-order valence-corrected chi connectivity index (χ2v) is 5.41. The fourth-order valence-electron chi connectivity index (χ4n) is 2.21. The van der Waals surface area contributed by atoms with Crippen LogP contribution in [0.2, 0.25) is 0 Å². The molecule has 0 aliphatic carbocycles. The van der Waals surface area contributed by atoms with Crippen molar-refractivity contribution in [2.75, 3.05) is 11.6 Å². The standard InChI is InChI=1S/C17H13N3S.ClH/c1-21-14-6-4-5-13(9-14)20-17-12(10-18)11-19-16-8-3-2-7-15(16)17;/h2-9,11H,1H3,(H,19,20);1H. The highest BCUT2D eigenvalue weighted by molar-refractivity contribution is 7.98. The zero-order chi connectivity index (χ0) is 14.7. The molecule has 0 fully saturated rings. The average Bonchev–Trinajstić information content (AvgIpc) is 2.55. The smallest absolute Gasteiger partial charge is 0.103 e. The first-order valence-electron chi connectivity index (χ1n) is 6.51. The third kappa shape index (κ3) is 3.16. The van der Waals surface area contributed by atoms with Crippen LogP contribution in [-0.4, -0.2) is 11.2 Å². The normalized spacial score (nSPS) is 9.82. The third-order valence-corrected chi connectivity index (χ3v) is 3.96. The Labute approximate surface area is 139 Å². The highest BCUT2D eigenvalue weighted by Gasteiger charge is 2.08. The predicted molar refractivity (Wildman–Crippen MR) is 95.2 cm³/mol. The molecule has 1 aromatic heterocycles. The largest absolute Gasteiger partial charge is 0.354 e. The van der Waals surface area contributed by atoms with Gasteiger partial charge in [-0.15, -0.1) is 24.2 Å². The highest BCUT2D eigenvalue weighted by atomic mass is 35.5. The van der Waals surface area contributed by atoms with Crippen LogP contribution < -0.4 is 5.32 Å². The first-order chi connectivity index (χ1) is 10.3. The zero-order valence-electron chi connectivity index (χ0n) is 11.9. The molecule has 0 unspecified atom stereocenters. The molecule has 0 amide bonds. The van der Waals surface area contributed by atoms with Gasteiger partial charge in [-0.1, -0.05) is 24.3 Å². The van der Waals surface area contributed by atoms with Gasteiger partial charge in [-0.2, -0.15) is 5.26 Å². The van der Waals surface area contributed by atoms with Crippen LogP contribution in [0.15, 0.2) is 59.6 Å². The van der Waals surface area contributed by atoms with E-state index < -0.39 is 0 Å². The Morgan fingerprint density at radius 1 is 1.14 bits per heavy atom. The highest BCUT2D eigenvalue weighted by Crippen LogP contribution is 2.29. The number of nitrogens with zero attached hydrogens (tertiary/aromatic N) is 2. The Balaban J connectivity index is 0.00000176. The topological polar surface area (TPSA) is 48.7 Å². The van der Waals surface area contributed by atoms with Gasteiger partial charge in [0.2, 0.25) is 0 Å². The monoisotopic (exact) mass is 327 g/mol. The van der Waals surface area contributed by atoms with Crippen LogP contribution in [0.5, 0.6) is 0 Å². The van der Waals surface area contributed by atoms with Crippen LogP contribution in [-0.2, 0) is 0 Å². The molecule has 0 saturated carbocycles. The van der Waals surface area contributed by atoms with Gasteiger partial charge in [0.1, 0.15) is 6.07 Å². The van der Waals surface area contributed by atoms with Gasteiger partial charge in [0.05, 0.1) is 16.8 Å². The van der Waals surface area contributed by atoms with Crippen molar-refractivity contribution in [3.63, 3.8) is 0 Å². The van der Waals surface area contributed by atoms with E-state index in [1.807, 2.05) is 42.7 Å².